The SMILES string of the molecule is COc1cc(C)cc(O)c1OI. The average Bonchev–Trinajstić information content (AvgIpc) is 2.03. The summed E-state index contributed by atoms with van der Waals surface area (Å²) in [5, 5.41) is 9.39. The van der Waals surface area contributed by atoms with E-state index in [9.17, 15) is 5.11 Å². The first-order chi connectivity index (χ1) is 5.69. The minimum Gasteiger partial charge on any atom is -0.504 e. The molecule has 0 atom stereocenters. The topological polar surface area (TPSA) is 38.7 Å². The number of ether oxygens (including phenoxy) is 1. The third-order valence-corrected chi connectivity index (χ3v) is 1.92. The molecule has 1 N–H and O–H groups in total. The lowest BCUT2D eigenvalue weighted by Crippen LogP contribution is -1.88. The molecule has 0 saturated heterocycles. The zero-order chi connectivity index (χ0) is 9.14. The van der Waals surface area contributed by atoms with Gasteiger partial charge in [-0.15, -0.1) is 0 Å². The second-order valence-electron chi connectivity index (χ2n) is 2.39. The maximum Gasteiger partial charge on any atom is 0.216 e. The number of methoxy groups -OCH3 is 1. The normalized spacial score (nSPS) is 9.58. The van der Waals surface area contributed by atoms with Crippen LogP contribution in [-0.4, -0.2) is 12.2 Å². The zero-order valence-corrected chi connectivity index (χ0v) is 8.95. The van der Waals surface area contributed by atoms with Crippen molar-refractivity contribution < 1.29 is 12.9 Å². The molecule has 0 heterocycles. The number of halogens is 1. The number of hydrogen-bond acceptors (Lipinski definition) is 3. The Balaban J connectivity index is 3.24. The Morgan fingerprint density at radius 1 is 1.42 bits per heavy atom. The van der Waals surface area contributed by atoms with E-state index in [-0.39, 0.29) is 5.75 Å². The van der Waals surface area contributed by atoms with Crippen molar-refractivity contribution in [2.75, 3.05) is 7.11 Å². The van der Waals surface area contributed by atoms with Gasteiger partial charge in [0.2, 0.25) is 5.75 Å². The molecule has 0 bridgehead atoms. The van der Waals surface area contributed by atoms with E-state index in [0.717, 1.165) is 5.56 Å². The van der Waals surface area contributed by atoms with Crippen LogP contribution in [0.15, 0.2) is 12.1 Å². The third kappa shape index (κ3) is 1.74. The van der Waals surface area contributed by atoms with Crippen LogP contribution < -0.4 is 7.80 Å². The van der Waals surface area contributed by atoms with E-state index in [4.69, 9.17) is 7.80 Å². The Morgan fingerprint density at radius 2 is 2.08 bits per heavy atom. The van der Waals surface area contributed by atoms with Crippen LogP contribution in [0.5, 0.6) is 17.2 Å². The van der Waals surface area contributed by atoms with Crippen molar-refractivity contribution >= 4 is 23.0 Å². The molecular formula is C8H9IO3. The first-order valence-electron chi connectivity index (χ1n) is 3.35. The van der Waals surface area contributed by atoms with Gasteiger partial charge in [0.05, 0.1) is 7.11 Å². The Hall–Kier alpha value is -0.650. The molecule has 0 aliphatic heterocycles. The van der Waals surface area contributed by atoms with Crippen LogP contribution in [0, 0.1) is 6.92 Å². The van der Waals surface area contributed by atoms with Gasteiger partial charge in [-0.2, -0.15) is 0 Å². The lowest BCUT2D eigenvalue weighted by atomic mass is 10.2. The van der Waals surface area contributed by atoms with Crippen molar-refractivity contribution in [3.63, 3.8) is 0 Å². The van der Waals surface area contributed by atoms with E-state index < -0.39 is 0 Å². The highest BCUT2D eigenvalue weighted by molar-refractivity contribution is 14.1. The summed E-state index contributed by atoms with van der Waals surface area (Å²) in [5.74, 6) is 1.01. The minimum atomic E-state index is 0.0984. The van der Waals surface area contributed by atoms with E-state index in [2.05, 4.69) is 0 Å². The molecular weight excluding hydrogens is 271 g/mol. The van der Waals surface area contributed by atoms with Gasteiger partial charge in [-0.3, -0.25) is 0 Å². The maximum absolute atomic E-state index is 9.39. The van der Waals surface area contributed by atoms with Gasteiger partial charge in [0.15, 0.2) is 34.5 Å². The third-order valence-electron chi connectivity index (χ3n) is 1.48. The number of hydrogen-bond donors (Lipinski definition) is 1. The molecule has 66 valence electrons. The predicted molar refractivity (Wildman–Crippen MR) is 54.0 cm³/mol. The van der Waals surface area contributed by atoms with Crippen LogP contribution in [0.25, 0.3) is 0 Å². The van der Waals surface area contributed by atoms with Crippen molar-refractivity contribution in [3.8, 4) is 17.2 Å². The van der Waals surface area contributed by atoms with Crippen LogP contribution in [-0.2, 0) is 0 Å². The summed E-state index contributed by atoms with van der Waals surface area (Å²) in [6.45, 7) is 1.87. The number of aromatic hydroxyl groups is 1. The van der Waals surface area contributed by atoms with Crippen LogP contribution in [0.3, 0.4) is 0 Å². The predicted octanol–water partition coefficient (Wildman–Crippen LogP) is 2.44. The lowest BCUT2D eigenvalue weighted by Gasteiger charge is -2.08. The van der Waals surface area contributed by atoms with Gasteiger partial charge in [-0.25, -0.2) is 0 Å². The first-order valence-corrected chi connectivity index (χ1v) is 4.23. The Kier molecular flexibility index (Phi) is 3.02. The zero-order valence-electron chi connectivity index (χ0n) is 6.80. The van der Waals surface area contributed by atoms with E-state index in [1.165, 1.54) is 7.11 Å². The molecule has 1 aromatic rings. The molecule has 0 saturated carbocycles. The molecule has 0 aromatic heterocycles. The fourth-order valence-electron chi connectivity index (χ4n) is 0.951. The van der Waals surface area contributed by atoms with Gasteiger partial charge < -0.3 is 12.9 Å². The highest BCUT2D eigenvalue weighted by Crippen LogP contribution is 2.38. The van der Waals surface area contributed by atoms with Crippen LogP contribution >= 0.6 is 23.0 Å². The second kappa shape index (κ2) is 3.84. The highest BCUT2D eigenvalue weighted by atomic mass is 127. The molecule has 1 aromatic carbocycles. The molecule has 0 unspecified atom stereocenters. The molecule has 4 heteroatoms. The summed E-state index contributed by atoms with van der Waals surface area (Å²) >= 11 is 1.70. The smallest absolute Gasteiger partial charge is 0.216 e. The van der Waals surface area contributed by atoms with Crippen molar-refractivity contribution in [2.45, 2.75) is 6.92 Å². The van der Waals surface area contributed by atoms with Gasteiger partial charge in [-0.1, -0.05) is 0 Å². The Bertz CT molecular complexity index is 286. The number of phenolic OH excluding ortho intramolecular Hbond substituents is 1. The largest absolute Gasteiger partial charge is 0.504 e. The average molecular weight is 280 g/mol. The van der Waals surface area contributed by atoms with Crippen molar-refractivity contribution in [3.05, 3.63) is 17.7 Å². The molecule has 0 amide bonds. The fraction of sp³-hybridized carbons (Fsp3) is 0.250. The summed E-state index contributed by atoms with van der Waals surface area (Å²) in [6, 6.07) is 3.42. The van der Waals surface area contributed by atoms with Crippen molar-refractivity contribution in [1.29, 1.82) is 0 Å². The fourth-order valence-corrected chi connectivity index (χ4v) is 1.39. The molecule has 0 spiro atoms. The highest BCUT2D eigenvalue weighted by Gasteiger charge is 2.09. The van der Waals surface area contributed by atoms with Crippen LogP contribution in [0.1, 0.15) is 5.56 Å². The molecule has 0 radical (unpaired) electrons. The van der Waals surface area contributed by atoms with Gasteiger partial charge in [-0.05, 0) is 24.6 Å². The van der Waals surface area contributed by atoms with Gasteiger partial charge in [0.25, 0.3) is 0 Å². The molecule has 12 heavy (non-hydrogen) atoms. The molecule has 1 rings (SSSR count). The van der Waals surface area contributed by atoms with Crippen LogP contribution in [0.4, 0.5) is 0 Å². The number of aryl methyl sites for hydroxylation is 1. The second-order valence-corrected chi connectivity index (χ2v) is 2.83. The summed E-state index contributed by atoms with van der Waals surface area (Å²) in [4.78, 5) is 0. The van der Waals surface area contributed by atoms with Gasteiger partial charge in [0, 0.05) is 0 Å². The Labute approximate surface area is 85.0 Å². The van der Waals surface area contributed by atoms with Gasteiger partial charge in [0.1, 0.15) is 0 Å². The van der Waals surface area contributed by atoms with E-state index in [1.54, 1.807) is 35.1 Å². The molecule has 0 fully saturated rings. The van der Waals surface area contributed by atoms with E-state index in [1.807, 2.05) is 6.92 Å². The summed E-state index contributed by atoms with van der Waals surface area (Å²) < 4.78 is 9.93. The quantitative estimate of drug-likeness (QED) is 0.846. The summed E-state index contributed by atoms with van der Waals surface area (Å²) in [5.41, 5.74) is 0.932. The Morgan fingerprint density at radius 3 is 2.58 bits per heavy atom. The van der Waals surface area contributed by atoms with Crippen LogP contribution in [0.2, 0.25) is 0 Å². The van der Waals surface area contributed by atoms with Crippen molar-refractivity contribution in [2.24, 2.45) is 0 Å². The number of phenols is 1. The van der Waals surface area contributed by atoms with E-state index in [0.29, 0.717) is 11.5 Å². The molecule has 3 nitrogen and oxygen atoms in total. The minimum absolute atomic E-state index is 0.0984. The van der Waals surface area contributed by atoms with E-state index >= 15 is 0 Å². The lowest BCUT2D eigenvalue weighted by molar-refractivity contribution is 0.389. The first kappa shape index (κ1) is 9.44. The van der Waals surface area contributed by atoms with Gasteiger partial charge >= 0.3 is 0 Å². The summed E-state index contributed by atoms with van der Waals surface area (Å²) in [7, 11) is 1.54. The summed E-state index contributed by atoms with van der Waals surface area (Å²) in [6.07, 6.45) is 0. The number of benzene rings is 1. The standard InChI is InChI=1S/C8H9IO3/c1-5-3-6(10)8(12-9)7(4-5)11-2/h3-4,10H,1-2H3. The molecule has 0 aliphatic carbocycles. The molecule has 0 aliphatic rings. The maximum atomic E-state index is 9.39. The monoisotopic (exact) mass is 280 g/mol. The van der Waals surface area contributed by atoms with Crippen molar-refractivity contribution in [1.82, 2.24) is 0 Å². The number of rotatable bonds is 2.